The SMILES string of the molecule is CCCCCCCC/C=C/CCCCCC(=O)O[C@H](COC(=O)CCCCCCCCCCCCCCCC)COP(=O)([O-])OCC[N+](C)(C)C. The molecule has 0 aliphatic carbocycles. The van der Waals surface area contributed by atoms with Gasteiger partial charge in [-0.1, -0.05) is 148 Å². The maximum absolute atomic E-state index is 12.6. The van der Waals surface area contributed by atoms with Gasteiger partial charge in [-0.15, -0.1) is 0 Å². The van der Waals surface area contributed by atoms with Gasteiger partial charge < -0.3 is 27.9 Å². The van der Waals surface area contributed by atoms with Gasteiger partial charge in [0.2, 0.25) is 0 Å². The average Bonchev–Trinajstić information content (AvgIpc) is 3.07. The lowest BCUT2D eigenvalue weighted by molar-refractivity contribution is -0.870. The first-order chi connectivity index (χ1) is 24.5. The zero-order chi connectivity index (χ0) is 37.9. The number of allylic oxidation sites excluding steroid dienone is 2. The Bertz CT molecular complexity index is 891. The van der Waals surface area contributed by atoms with Crippen LogP contribution >= 0.6 is 7.82 Å². The van der Waals surface area contributed by atoms with Gasteiger partial charge in [0.15, 0.2) is 6.10 Å². The number of phosphoric ester groups is 1. The third-order valence-electron chi connectivity index (χ3n) is 9.04. The van der Waals surface area contributed by atoms with Crippen LogP contribution in [0.25, 0.3) is 0 Å². The highest BCUT2D eigenvalue weighted by molar-refractivity contribution is 7.45. The predicted molar refractivity (Wildman–Crippen MR) is 208 cm³/mol. The average molecular weight is 746 g/mol. The van der Waals surface area contributed by atoms with Gasteiger partial charge in [-0.3, -0.25) is 14.2 Å². The quantitative estimate of drug-likeness (QED) is 0.0202. The minimum atomic E-state index is -4.62. The molecule has 51 heavy (non-hydrogen) atoms. The molecule has 0 saturated carbocycles. The van der Waals surface area contributed by atoms with Gasteiger partial charge in [-0.25, -0.2) is 0 Å². The lowest BCUT2D eigenvalue weighted by Crippen LogP contribution is -2.37. The third-order valence-corrected chi connectivity index (χ3v) is 10.00. The number of esters is 2. The molecule has 9 nitrogen and oxygen atoms in total. The number of carbonyl (C=O) groups excluding carboxylic acids is 2. The Labute approximate surface area is 314 Å². The van der Waals surface area contributed by atoms with Crippen LogP contribution in [0.1, 0.15) is 187 Å². The van der Waals surface area contributed by atoms with Gasteiger partial charge in [-0.05, 0) is 38.5 Å². The summed E-state index contributed by atoms with van der Waals surface area (Å²) in [5, 5.41) is 0. The fourth-order valence-electron chi connectivity index (χ4n) is 5.71. The minimum Gasteiger partial charge on any atom is -0.756 e. The number of ether oxygens (including phenoxy) is 2. The van der Waals surface area contributed by atoms with Crippen LogP contribution in [-0.2, 0) is 32.7 Å². The Morgan fingerprint density at radius 3 is 1.47 bits per heavy atom. The van der Waals surface area contributed by atoms with Crippen molar-refractivity contribution in [1.29, 1.82) is 0 Å². The van der Waals surface area contributed by atoms with Crippen LogP contribution in [0.5, 0.6) is 0 Å². The van der Waals surface area contributed by atoms with Crippen molar-refractivity contribution in [2.45, 2.75) is 193 Å². The summed E-state index contributed by atoms with van der Waals surface area (Å²) >= 11 is 0. The highest BCUT2D eigenvalue weighted by atomic mass is 31.2. The Hall–Kier alpha value is -1.25. The maximum atomic E-state index is 12.6. The molecule has 0 fully saturated rings. The lowest BCUT2D eigenvalue weighted by Gasteiger charge is -2.28. The molecule has 0 saturated heterocycles. The summed E-state index contributed by atoms with van der Waals surface area (Å²) in [4.78, 5) is 37.4. The number of rotatable bonds is 38. The monoisotopic (exact) mass is 746 g/mol. The van der Waals surface area contributed by atoms with Gasteiger partial charge in [0, 0.05) is 12.8 Å². The topological polar surface area (TPSA) is 111 Å². The molecule has 0 aromatic carbocycles. The van der Waals surface area contributed by atoms with E-state index in [2.05, 4.69) is 26.0 Å². The van der Waals surface area contributed by atoms with E-state index >= 15 is 0 Å². The Kier molecular flexibility index (Phi) is 33.7. The molecular formula is C41H80NO8P. The summed E-state index contributed by atoms with van der Waals surface area (Å²) < 4.78 is 33.8. The van der Waals surface area contributed by atoms with Crippen LogP contribution in [0, 0.1) is 0 Å². The zero-order valence-electron chi connectivity index (χ0n) is 33.8. The maximum Gasteiger partial charge on any atom is 0.306 e. The Balaban J connectivity index is 4.39. The van der Waals surface area contributed by atoms with Gasteiger partial charge in [-0.2, -0.15) is 0 Å². The van der Waals surface area contributed by atoms with Gasteiger partial charge in [0.25, 0.3) is 7.82 Å². The number of quaternary nitrogens is 1. The number of unbranched alkanes of at least 4 members (excludes halogenated alkanes) is 22. The van der Waals surface area contributed by atoms with Crippen LogP contribution in [0.4, 0.5) is 0 Å². The van der Waals surface area contributed by atoms with Crippen molar-refractivity contribution in [2.24, 2.45) is 0 Å². The molecule has 0 amide bonds. The van der Waals surface area contributed by atoms with Crippen molar-refractivity contribution in [3.05, 3.63) is 12.2 Å². The first-order valence-corrected chi connectivity index (χ1v) is 22.4. The number of hydrogen-bond acceptors (Lipinski definition) is 8. The molecule has 10 heteroatoms. The molecule has 1 unspecified atom stereocenters. The number of carbonyl (C=O) groups is 2. The van der Waals surface area contributed by atoms with E-state index < -0.39 is 26.5 Å². The molecule has 0 radical (unpaired) electrons. The van der Waals surface area contributed by atoms with E-state index in [9.17, 15) is 19.0 Å². The van der Waals surface area contributed by atoms with E-state index in [0.717, 1.165) is 44.9 Å². The summed E-state index contributed by atoms with van der Waals surface area (Å²) in [6.07, 6.45) is 33.8. The van der Waals surface area contributed by atoms with Crippen molar-refractivity contribution in [3.63, 3.8) is 0 Å². The van der Waals surface area contributed by atoms with Gasteiger partial charge >= 0.3 is 11.9 Å². The van der Waals surface area contributed by atoms with Crippen molar-refractivity contribution in [1.82, 2.24) is 0 Å². The molecule has 0 spiro atoms. The van der Waals surface area contributed by atoms with Crippen LogP contribution in [0.2, 0.25) is 0 Å². The number of nitrogens with zero attached hydrogens (tertiary/aromatic N) is 1. The fourth-order valence-corrected chi connectivity index (χ4v) is 6.44. The molecule has 0 N–H and O–H groups in total. The highest BCUT2D eigenvalue weighted by Gasteiger charge is 2.21. The summed E-state index contributed by atoms with van der Waals surface area (Å²) in [6, 6.07) is 0. The predicted octanol–water partition coefficient (Wildman–Crippen LogP) is 10.8. The standard InChI is InChI=1S/C41H80NO8P/c1-6-8-10-12-14-16-18-20-22-23-25-27-29-31-33-40(43)47-37-39(38-49-51(45,46)48-36-35-42(3,4)5)50-41(44)34-32-30-28-26-24-21-19-17-15-13-11-9-7-2/h21,24,39H,6-20,22-23,25-38H2,1-5H3/b24-21+/t39-/m1/s1. The smallest absolute Gasteiger partial charge is 0.306 e. The fraction of sp³-hybridized carbons (Fsp3) is 0.902. The van der Waals surface area contributed by atoms with E-state index in [4.69, 9.17) is 18.5 Å². The Morgan fingerprint density at radius 1 is 0.588 bits per heavy atom. The Morgan fingerprint density at radius 2 is 1.00 bits per heavy atom. The van der Waals surface area contributed by atoms with E-state index in [1.54, 1.807) is 0 Å². The molecule has 0 bridgehead atoms. The second-order valence-corrected chi connectivity index (χ2v) is 16.8. The molecule has 0 aliphatic rings. The van der Waals surface area contributed by atoms with Crippen molar-refractivity contribution < 1.29 is 42.1 Å². The lowest BCUT2D eigenvalue weighted by atomic mass is 10.0. The van der Waals surface area contributed by atoms with E-state index in [0.29, 0.717) is 17.4 Å². The highest BCUT2D eigenvalue weighted by Crippen LogP contribution is 2.38. The van der Waals surface area contributed by atoms with E-state index in [1.165, 1.54) is 109 Å². The van der Waals surface area contributed by atoms with Crippen molar-refractivity contribution in [2.75, 3.05) is 47.5 Å². The van der Waals surface area contributed by atoms with E-state index in [1.807, 2.05) is 21.1 Å². The van der Waals surface area contributed by atoms with Crippen LogP contribution in [-0.4, -0.2) is 70.0 Å². The van der Waals surface area contributed by atoms with Crippen LogP contribution < -0.4 is 4.89 Å². The number of likely N-dealkylation sites (N-methyl/N-ethyl adjacent to an activating group) is 1. The summed E-state index contributed by atoms with van der Waals surface area (Å²) in [6.45, 7) is 4.21. The molecule has 302 valence electrons. The second-order valence-electron chi connectivity index (χ2n) is 15.4. The first-order valence-electron chi connectivity index (χ1n) is 20.9. The number of phosphoric acid groups is 1. The van der Waals surface area contributed by atoms with Crippen LogP contribution in [0.3, 0.4) is 0 Å². The molecule has 0 aliphatic heterocycles. The zero-order valence-corrected chi connectivity index (χ0v) is 34.7. The summed E-state index contributed by atoms with van der Waals surface area (Å²) in [7, 11) is 1.16. The summed E-state index contributed by atoms with van der Waals surface area (Å²) in [5.41, 5.74) is 0. The number of hydrogen-bond donors (Lipinski definition) is 0. The minimum absolute atomic E-state index is 0.0306. The third kappa shape index (κ3) is 38.3. The van der Waals surface area contributed by atoms with Gasteiger partial charge in [0.05, 0.1) is 27.7 Å². The van der Waals surface area contributed by atoms with Crippen molar-refractivity contribution >= 4 is 19.8 Å². The summed E-state index contributed by atoms with van der Waals surface area (Å²) in [5.74, 6) is -0.846. The van der Waals surface area contributed by atoms with Crippen molar-refractivity contribution in [3.8, 4) is 0 Å². The first kappa shape index (κ1) is 49.8. The largest absolute Gasteiger partial charge is 0.756 e. The molecule has 0 rings (SSSR count). The molecule has 0 aromatic heterocycles. The molecular weight excluding hydrogens is 665 g/mol. The molecule has 2 atom stereocenters. The second kappa shape index (κ2) is 34.5. The van der Waals surface area contributed by atoms with Gasteiger partial charge in [0.1, 0.15) is 19.8 Å². The van der Waals surface area contributed by atoms with Crippen LogP contribution in [0.15, 0.2) is 12.2 Å². The molecule has 0 aromatic rings. The van der Waals surface area contributed by atoms with E-state index in [-0.39, 0.29) is 32.0 Å². The molecule has 0 heterocycles. The normalized spacial score (nSPS) is 13.8.